The van der Waals surface area contributed by atoms with Crippen LogP contribution in [0.25, 0.3) is 5.69 Å². The van der Waals surface area contributed by atoms with Crippen LogP contribution in [-0.2, 0) is 0 Å². The van der Waals surface area contributed by atoms with Crippen molar-refractivity contribution in [3.63, 3.8) is 0 Å². The Bertz CT molecular complexity index is 1100. The normalized spacial score (nSPS) is 16.1. The highest BCUT2D eigenvalue weighted by atomic mass is 19.1. The van der Waals surface area contributed by atoms with Crippen molar-refractivity contribution in [1.82, 2.24) is 9.78 Å². The molecule has 5 rings (SSSR count). The fourth-order valence-corrected chi connectivity index (χ4v) is 3.52. The molecule has 4 nitrogen and oxygen atoms in total. The van der Waals surface area contributed by atoms with E-state index in [4.69, 9.17) is 0 Å². The van der Waals surface area contributed by atoms with Gasteiger partial charge in [0.15, 0.2) is 5.82 Å². The molecule has 1 heterocycles. The van der Waals surface area contributed by atoms with Gasteiger partial charge in [-0.2, -0.15) is 5.10 Å². The predicted molar refractivity (Wildman–Crippen MR) is 102 cm³/mol. The van der Waals surface area contributed by atoms with E-state index in [0.29, 0.717) is 17.5 Å². The van der Waals surface area contributed by atoms with Crippen molar-refractivity contribution in [2.75, 3.05) is 5.32 Å². The summed E-state index contributed by atoms with van der Waals surface area (Å²) in [5.74, 6) is -2.62. The van der Waals surface area contributed by atoms with Gasteiger partial charge in [0.05, 0.1) is 5.69 Å². The lowest BCUT2D eigenvalue weighted by atomic mass is 10.1. The molecule has 0 saturated heterocycles. The summed E-state index contributed by atoms with van der Waals surface area (Å²) in [6.45, 7) is 0. The van der Waals surface area contributed by atoms with Crippen LogP contribution in [0.5, 0.6) is 0 Å². The molecule has 148 valence electrons. The smallest absolute Gasteiger partial charge is 0.261 e. The first kappa shape index (κ1) is 18.0. The fraction of sp³-hybridized carbons (Fsp3) is 0.273. The lowest BCUT2D eigenvalue weighted by Crippen LogP contribution is -2.16. The number of carbonyl (C=O) groups excluding carboxylic acids is 1. The van der Waals surface area contributed by atoms with E-state index in [1.165, 1.54) is 18.2 Å². The molecule has 0 spiro atoms. The molecule has 0 bridgehead atoms. The number of benzene rings is 2. The van der Waals surface area contributed by atoms with Crippen molar-refractivity contribution < 1.29 is 18.0 Å². The summed E-state index contributed by atoms with van der Waals surface area (Å²) in [7, 11) is 0. The number of amides is 1. The van der Waals surface area contributed by atoms with Gasteiger partial charge in [-0.25, -0.2) is 17.9 Å². The van der Waals surface area contributed by atoms with Gasteiger partial charge >= 0.3 is 0 Å². The molecule has 7 heteroatoms. The van der Waals surface area contributed by atoms with E-state index in [1.807, 2.05) is 0 Å². The molecule has 1 amide bonds. The highest BCUT2D eigenvalue weighted by Crippen LogP contribution is 2.45. The van der Waals surface area contributed by atoms with E-state index >= 15 is 0 Å². The molecular formula is C22H18F3N3O. The molecule has 2 aliphatic rings. The fourth-order valence-electron chi connectivity index (χ4n) is 3.52. The zero-order valence-electron chi connectivity index (χ0n) is 15.5. The van der Waals surface area contributed by atoms with E-state index < -0.39 is 28.9 Å². The number of rotatable bonds is 5. The van der Waals surface area contributed by atoms with Crippen molar-refractivity contribution in [3.05, 3.63) is 76.9 Å². The van der Waals surface area contributed by atoms with E-state index in [1.54, 1.807) is 4.68 Å². The molecule has 2 fully saturated rings. The van der Waals surface area contributed by atoms with Gasteiger partial charge < -0.3 is 5.32 Å². The van der Waals surface area contributed by atoms with Crippen LogP contribution in [0.15, 0.2) is 42.5 Å². The number of anilines is 1. The van der Waals surface area contributed by atoms with E-state index in [0.717, 1.165) is 55.3 Å². The Morgan fingerprint density at radius 2 is 1.62 bits per heavy atom. The number of hydrogen-bond donors (Lipinski definition) is 1. The van der Waals surface area contributed by atoms with Gasteiger partial charge in [0.2, 0.25) is 0 Å². The zero-order chi connectivity index (χ0) is 20.1. The Labute approximate surface area is 165 Å². The van der Waals surface area contributed by atoms with Gasteiger partial charge in [0.25, 0.3) is 5.91 Å². The minimum atomic E-state index is -0.974. The quantitative estimate of drug-likeness (QED) is 0.635. The van der Waals surface area contributed by atoms with E-state index in [2.05, 4.69) is 16.5 Å². The third kappa shape index (κ3) is 3.41. The van der Waals surface area contributed by atoms with Crippen molar-refractivity contribution in [1.29, 1.82) is 0 Å². The second-order valence-electron chi connectivity index (χ2n) is 7.67. The standard InChI is InChI=1S/C22H18F3N3O/c23-15-2-1-3-16(24)21(15)22(29)26-14-8-9-19(17(25)10-14)28-20(13-6-7-13)11-18(27-28)12-4-5-12/h1-3,8-13H,4-7H2,(H,26,29). The molecule has 1 N–H and O–H groups in total. The highest BCUT2D eigenvalue weighted by Gasteiger charge is 2.33. The minimum Gasteiger partial charge on any atom is -0.322 e. The third-order valence-electron chi connectivity index (χ3n) is 5.37. The Balaban J connectivity index is 1.43. The number of nitrogens with one attached hydrogen (secondary N) is 1. The van der Waals surface area contributed by atoms with Crippen molar-refractivity contribution in [2.45, 2.75) is 37.5 Å². The summed E-state index contributed by atoms with van der Waals surface area (Å²) in [4.78, 5) is 12.2. The van der Waals surface area contributed by atoms with Gasteiger partial charge in [0.1, 0.15) is 22.9 Å². The van der Waals surface area contributed by atoms with Gasteiger partial charge in [0, 0.05) is 23.2 Å². The maximum Gasteiger partial charge on any atom is 0.261 e. The van der Waals surface area contributed by atoms with Crippen LogP contribution < -0.4 is 5.32 Å². The molecule has 1 aromatic heterocycles. The van der Waals surface area contributed by atoms with Crippen LogP contribution in [0.3, 0.4) is 0 Å². The number of hydrogen-bond acceptors (Lipinski definition) is 2. The van der Waals surface area contributed by atoms with Gasteiger partial charge in [-0.15, -0.1) is 0 Å². The van der Waals surface area contributed by atoms with Crippen LogP contribution >= 0.6 is 0 Å². The molecule has 0 atom stereocenters. The van der Waals surface area contributed by atoms with Crippen molar-refractivity contribution in [3.8, 4) is 5.69 Å². The lowest BCUT2D eigenvalue weighted by molar-refractivity contribution is 0.101. The van der Waals surface area contributed by atoms with Crippen LogP contribution in [-0.4, -0.2) is 15.7 Å². The van der Waals surface area contributed by atoms with Gasteiger partial charge in [-0.05, 0) is 62.1 Å². The minimum absolute atomic E-state index is 0.112. The highest BCUT2D eigenvalue weighted by molar-refractivity contribution is 6.04. The molecule has 0 aliphatic heterocycles. The molecule has 3 aromatic rings. The summed E-state index contributed by atoms with van der Waals surface area (Å²) in [5.41, 5.74) is 1.72. The number of carbonyl (C=O) groups is 1. The summed E-state index contributed by atoms with van der Waals surface area (Å²) < 4.78 is 44.1. The first-order valence-corrected chi connectivity index (χ1v) is 9.66. The molecule has 2 saturated carbocycles. The summed E-state index contributed by atoms with van der Waals surface area (Å²) in [5, 5.41) is 6.97. The summed E-state index contributed by atoms with van der Waals surface area (Å²) in [6, 6.07) is 9.41. The predicted octanol–water partition coefficient (Wildman–Crippen LogP) is 5.30. The Morgan fingerprint density at radius 3 is 2.24 bits per heavy atom. The monoisotopic (exact) mass is 397 g/mol. The average molecular weight is 397 g/mol. The van der Waals surface area contributed by atoms with Gasteiger partial charge in [-0.3, -0.25) is 4.79 Å². The van der Waals surface area contributed by atoms with Crippen LogP contribution in [0, 0.1) is 17.5 Å². The second-order valence-corrected chi connectivity index (χ2v) is 7.67. The van der Waals surface area contributed by atoms with E-state index in [-0.39, 0.29) is 5.69 Å². The van der Waals surface area contributed by atoms with Crippen LogP contribution in [0.2, 0.25) is 0 Å². The molecule has 2 aliphatic carbocycles. The average Bonchev–Trinajstić information content (AvgIpc) is 3.60. The van der Waals surface area contributed by atoms with Crippen molar-refractivity contribution in [2.24, 2.45) is 0 Å². The lowest BCUT2D eigenvalue weighted by Gasteiger charge is -2.11. The Morgan fingerprint density at radius 1 is 0.931 bits per heavy atom. The number of nitrogens with zero attached hydrogens (tertiary/aromatic N) is 2. The van der Waals surface area contributed by atoms with E-state index in [9.17, 15) is 18.0 Å². The first-order valence-electron chi connectivity index (χ1n) is 9.66. The zero-order valence-corrected chi connectivity index (χ0v) is 15.5. The Kier molecular flexibility index (Phi) is 4.19. The molecule has 0 unspecified atom stereocenters. The molecule has 0 radical (unpaired) electrons. The van der Waals surface area contributed by atoms with Crippen LogP contribution in [0.4, 0.5) is 18.9 Å². The summed E-state index contributed by atoms with van der Waals surface area (Å²) >= 11 is 0. The maximum atomic E-state index is 14.9. The van der Waals surface area contributed by atoms with Crippen LogP contribution in [0.1, 0.15) is 59.3 Å². The largest absolute Gasteiger partial charge is 0.322 e. The Hall–Kier alpha value is -3.09. The maximum absolute atomic E-state index is 14.9. The topological polar surface area (TPSA) is 46.9 Å². The molecule has 29 heavy (non-hydrogen) atoms. The SMILES string of the molecule is O=C(Nc1ccc(-n2nc(C3CC3)cc2C2CC2)c(F)c1)c1c(F)cccc1F. The summed E-state index contributed by atoms with van der Waals surface area (Å²) in [6.07, 6.45) is 4.36. The number of halogens is 3. The van der Waals surface area contributed by atoms with Crippen molar-refractivity contribution >= 4 is 11.6 Å². The van der Waals surface area contributed by atoms with Gasteiger partial charge in [-0.1, -0.05) is 6.07 Å². The number of aromatic nitrogens is 2. The molecular weight excluding hydrogens is 379 g/mol. The third-order valence-corrected chi connectivity index (χ3v) is 5.37. The first-order chi connectivity index (χ1) is 14.0. The second kappa shape index (κ2) is 6.76. The molecule has 2 aromatic carbocycles.